The van der Waals surface area contributed by atoms with E-state index < -0.39 is 66.1 Å². The predicted octanol–water partition coefficient (Wildman–Crippen LogP) is -2.82. The van der Waals surface area contributed by atoms with Gasteiger partial charge in [-0.05, 0) is 5.92 Å². The van der Waals surface area contributed by atoms with Crippen molar-refractivity contribution < 1.29 is 33.9 Å². The van der Waals surface area contributed by atoms with Crippen molar-refractivity contribution in [1.29, 1.82) is 0 Å². The molecule has 0 aliphatic heterocycles. The van der Waals surface area contributed by atoms with E-state index >= 15 is 0 Å². The van der Waals surface area contributed by atoms with Crippen LogP contribution in [0.1, 0.15) is 32.9 Å². The number of nitrogens with one attached hydrogen (secondary N) is 4. The van der Waals surface area contributed by atoms with E-state index in [1.165, 1.54) is 19.4 Å². The number of carbonyl (C=O) groups is 6. The summed E-state index contributed by atoms with van der Waals surface area (Å²) < 4.78 is 0. The maximum Gasteiger partial charge on any atom is 0.305 e. The topological polar surface area (TPSA) is 239 Å². The van der Waals surface area contributed by atoms with Crippen molar-refractivity contribution in [3.05, 3.63) is 18.2 Å². The summed E-state index contributed by atoms with van der Waals surface area (Å²) in [5, 5.41) is 15.9. The van der Waals surface area contributed by atoms with Crippen LogP contribution in [-0.4, -0.2) is 75.1 Å². The highest BCUT2D eigenvalue weighted by molar-refractivity contribution is 5.96. The summed E-state index contributed by atoms with van der Waals surface area (Å²) in [6, 6.07) is -5.15. The molecular formula is C20H31N7O7. The maximum absolute atomic E-state index is 13.0. The molecule has 5 unspecified atom stereocenters. The van der Waals surface area contributed by atoms with Crippen LogP contribution in [0.25, 0.3) is 0 Å². The summed E-state index contributed by atoms with van der Waals surface area (Å²) in [4.78, 5) is 78.7. The fourth-order valence-corrected chi connectivity index (χ4v) is 2.82. The van der Waals surface area contributed by atoms with Gasteiger partial charge in [-0.3, -0.25) is 24.0 Å². The van der Waals surface area contributed by atoms with Gasteiger partial charge in [-0.15, -0.1) is 0 Å². The van der Waals surface area contributed by atoms with Crippen LogP contribution in [0, 0.1) is 11.8 Å². The number of amides is 4. The molecule has 0 fully saturated rings. The molecule has 1 heterocycles. The van der Waals surface area contributed by atoms with Crippen LogP contribution in [-0.2, 0) is 35.2 Å². The van der Waals surface area contributed by atoms with Crippen molar-refractivity contribution in [3.63, 3.8) is 0 Å². The van der Waals surface area contributed by atoms with Gasteiger partial charge in [0, 0.05) is 24.2 Å². The number of imidazole rings is 1. The van der Waals surface area contributed by atoms with Gasteiger partial charge in [0.2, 0.25) is 23.6 Å². The second kappa shape index (κ2) is 13.0. The second-order valence-corrected chi connectivity index (χ2v) is 8.15. The van der Waals surface area contributed by atoms with E-state index in [0.29, 0.717) is 12.0 Å². The van der Waals surface area contributed by atoms with Gasteiger partial charge in [-0.2, -0.15) is 0 Å². The van der Waals surface area contributed by atoms with Crippen LogP contribution in [0.5, 0.6) is 0 Å². The van der Waals surface area contributed by atoms with Gasteiger partial charge in [0.1, 0.15) is 24.4 Å². The van der Waals surface area contributed by atoms with Crippen molar-refractivity contribution >= 4 is 35.9 Å². The van der Waals surface area contributed by atoms with Gasteiger partial charge in [0.25, 0.3) is 0 Å². The Morgan fingerprint density at radius 3 is 2.15 bits per heavy atom. The number of carbonyl (C=O) groups excluding carboxylic acids is 5. The van der Waals surface area contributed by atoms with E-state index in [9.17, 15) is 28.8 Å². The summed E-state index contributed by atoms with van der Waals surface area (Å²) in [7, 11) is 0. The Morgan fingerprint density at radius 1 is 1.06 bits per heavy atom. The lowest BCUT2D eigenvalue weighted by Gasteiger charge is -2.26. The molecule has 0 aromatic carbocycles. The number of aldehydes is 1. The Labute approximate surface area is 195 Å². The summed E-state index contributed by atoms with van der Waals surface area (Å²) in [6.45, 7) is 4.80. The molecule has 14 heteroatoms. The first-order valence-electron chi connectivity index (χ1n) is 10.5. The number of primary amides is 1. The van der Waals surface area contributed by atoms with Gasteiger partial charge in [-0.1, -0.05) is 20.8 Å². The number of nitrogens with zero attached hydrogens (tertiary/aromatic N) is 1. The lowest BCUT2D eigenvalue weighted by Crippen LogP contribution is -2.60. The Balaban J connectivity index is 3.10. The van der Waals surface area contributed by atoms with Crippen LogP contribution in [0.2, 0.25) is 0 Å². The lowest BCUT2D eigenvalue weighted by molar-refractivity contribution is -0.141. The van der Waals surface area contributed by atoms with Crippen molar-refractivity contribution in [3.8, 4) is 0 Å². The van der Waals surface area contributed by atoms with E-state index in [4.69, 9.17) is 16.6 Å². The molecule has 0 aliphatic rings. The molecule has 0 saturated heterocycles. The highest BCUT2D eigenvalue weighted by Crippen LogP contribution is 2.07. The number of aromatic nitrogens is 2. The largest absolute Gasteiger partial charge is 0.481 e. The van der Waals surface area contributed by atoms with Crippen molar-refractivity contribution in [2.45, 2.75) is 57.8 Å². The number of carboxylic acids is 1. The number of nitrogens with two attached hydrogens (primary N) is 2. The Hall–Kier alpha value is -3.81. The van der Waals surface area contributed by atoms with Crippen molar-refractivity contribution in [2.75, 3.05) is 0 Å². The monoisotopic (exact) mass is 481 g/mol. The number of hydrogen-bond acceptors (Lipinski definition) is 8. The van der Waals surface area contributed by atoms with E-state index in [-0.39, 0.29) is 12.3 Å². The Kier molecular flexibility index (Phi) is 10.8. The summed E-state index contributed by atoms with van der Waals surface area (Å²) in [5.74, 6) is -6.20. The third-order valence-electron chi connectivity index (χ3n) is 4.99. The van der Waals surface area contributed by atoms with Crippen LogP contribution in [0.4, 0.5) is 0 Å². The van der Waals surface area contributed by atoms with Crippen molar-refractivity contribution in [2.24, 2.45) is 23.3 Å². The standard InChI is InChI=1S/C20H31N7O7/c1-9(2)15(21)19(33)26-13(4-11-6-23-8-24-11)18(32)27-16(10(3)7-28)20(34)25-12(17(22)31)5-14(29)30/h6-10,12-13,15-16H,4-5,21H2,1-3H3,(H2,22,31)(H,23,24)(H,25,34)(H,26,33)(H,27,32)(H,29,30). The zero-order chi connectivity index (χ0) is 26.0. The average Bonchev–Trinajstić information content (AvgIpc) is 3.27. The minimum Gasteiger partial charge on any atom is -0.481 e. The molecule has 0 spiro atoms. The van der Waals surface area contributed by atoms with Gasteiger partial charge in [0.15, 0.2) is 0 Å². The molecule has 9 N–H and O–H groups in total. The number of aliphatic carboxylic acids is 1. The zero-order valence-electron chi connectivity index (χ0n) is 19.1. The molecule has 0 saturated carbocycles. The number of H-pyrrole nitrogens is 1. The third kappa shape index (κ3) is 8.61. The molecule has 4 amide bonds. The normalized spacial score (nSPS) is 15.3. The summed E-state index contributed by atoms with van der Waals surface area (Å²) >= 11 is 0. The van der Waals surface area contributed by atoms with E-state index in [2.05, 4.69) is 25.9 Å². The molecule has 14 nitrogen and oxygen atoms in total. The molecule has 188 valence electrons. The lowest BCUT2D eigenvalue weighted by atomic mass is 10.00. The minimum atomic E-state index is -1.56. The molecule has 0 radical (unpaired) electrons. The predicted molar refractivity (Wildman–Crippen MR) is 118 cm³/mol. The van der Waals surface area contributed by atoms with Crippen LogP contribution >= 0.6 is 0 Å². The van der Waals surface area contributed by atoms with E-state index in [1.807, 2.05) is 0 Å². The number of carboxylic acid groups (broad SMARTS) is 1. The Morgan fingerprint density at radius 2 is 1.68 bits per heavy atom. The first kappa shape index (κ1) is 28.2. The Bertz CT molecular complexity index is 888. The van der Waals surface area contributed by atoms with Crippen molar-refractivity contribution in [1.82, 2.24) is 25.9 Å². The third-order valence-corrected chi connectivity index (χ3v) is 4.99. The van der Waals surface area contributed by atoms with E-state index in [1.54, 1.807) is 13.8 Å². The molecular weight excluding hydrogens is 450 g/mol. The molecule has 0 aliphatic carbocycles. The van der Waals surface area contributed by atoms with Crippen LogP contribution in [0.3, 0.4) is 0 Å². The van der Waals surface area contributed by atoms with Gasteiger partial charge < -0.3 is 42.3 Å². The quantitative estimate of drug-likeness (QED) is 0.135. The van der Waals surface area contributed by atoms with Gasteiger partial charge >= 0.3 is 5.97 Å². The maximum atomic E-state index is 13.0. The SMILES string of the molecule is CC(C)C(N)C(=O)NC(Cc1cnc[nH]1)C(=O)NC(C(=O)NC(CC(=O)O)C(N)=O)C(C)C=O. The zero-order valence-corrected chi connectivity index (χ0v) is 19.1. The molecule has 0 bridgehead atoms. The van der Waals surface area contributed by atoms with E-state index in [0.717, 1.165) is 0 Å². The first-order chi connectivity index (χ1) is 15.9. The number of rotatable bonds is 14. The van der Waals surface area contributed by atoms with Gasteiger partial charge in [0.05, 0.1) is 18.8 Å². The molecule has 1 aromatic rings. The molecule has 5 atom stereocenters. The van der Waals surface area contributed by atoms with Crippen LogP contribution < -0.4 is 27.4 Å². The molecule has 1 aromatic heterocycles. The highest BCUT2D eigenvalue weighted by Gasteiger charge is 2.33. The first-order valence-corrected chi connectivity index (χ1v) is 10.5. The number of aromatic amines is 1. The highest BCUT2D eigenvalue weighted by atomic mass is 16.4. The molecule has 34 heavy (non-hydrogen) atoms. The second-order valence-electron chi connectivity index (χ2n) is 8.15. The average molecular weight is 482 g/mol. The summed E-state index contributed by atoms with van der Waals surface area (Å²) in [5.41, 5.74) is 11.5. The minimum absolute atomic E-state index is 0.0326. The fraction of sp³-hybridized carbons (Fsp3) is 0.550. The van der Waals surface area contributed by atoms with Gasteiger partial charge in [-0.25, -0.2) is 4.98 Å². The molecule has 1 rings (SSSR count). The summed E-state index contributed by atoms with van der Waals surface area (Å²) in [6.07, 6.45) is 2.40. The van der Waals surface area contributed by atoms with Crippen LogP contribution in [0.15, 0.2) is 12.5 Å². The number of hydrogen-bond donors (Lipinski definition) is 7. The smallest absolute Gasteiger partial charge is 0.305 e. The fourth-order valence-electron chi connectivity index (χ4n) is 2.82.